The first-order valence-electron chi connectivity index (χ1n) is 7.10. The predicted octanol–water partition coefficient (Wildman–Crippen LogP) is 4.14. The lowest BCUT2D eigenvalue weighted by atomic mass is 9.94. The van der Waals surface area contributed by atoms with E-state index in [1.807, 2.05) is 12.1 Å². The van der Waals surface area contributed by atoms with Crippen LogP contribution in [0.1, 0.15) is 38.9 Å². The standard InChI is InChI=1S/C17H24O3/c1-6-11(2)15-9-12(3)17(20-15)13-7-8-14(18-4)16(10-13)19-5/h6-8,10,12,15,17H,9H2,1-5H3/b11-6+/t12-,15-,17-/m0/s1. The topological polar surface area (TPSA) is 27.7 Å². The fourth-order valence-corrected chi connectivity index (χ4v) is 2.74. The minimum atomic E-state index is 0.120. The van der Waals surface area contributed by atoms with Gasteiger partial charge in [0.1, 0.15) is 0 Å². The van der Waals surface area contributed by atoms with E-state index in [-0.39, 0.29) is 12.2 Å². The van der Waals surface area contributed by atoms with Gasteiger partial charge in [-0.3, -0.25) is 0 Å². The average Bonchev–Trinajstić information content (AvgIpc) is 2.87. The first kappa shape index (κ1) is 14.9. The second kappa shape index (κ2) is 6.31. The maximum absolute atomic E-state index is 6.22. The van der Waals surface area contributed by atoms with Crippen LogP contribution in [0.2, 0.25) is 0 Å². The molecule has 3 atom stereocenters. The molecular formula is C17H24O3. The summed E-state index contributed by atoms with van der Waals surface area (Å²) in [6.07, 6.45) is 3.55. The molecule has 0 unspecified atom stereocenters. The van der Waals surface area contributed by atoms with E-state index in [2.05, 4.69) is 32.9 Å². The van der Waals surface area contributed by atoms with Crippen molar-refractivity contribution in [3.63, 3.8) is 0 Å². The number of hydrogen-bond donors (Lipinski definition) is 0. The van der Waals surface area contributed by atoms with E-state index in [0.717, 1.165) is 23.5 Å². The third kappa shape index (κ3) is 2.83. The van der Waals surface area contributed by atoms with Crippen molar-refractivity contribution in [2.75, 3.05) is 14.2 Å². The number of allylic oxidation sites excluding steroid dienone is 1. The van der Waals surface area contributed by atoms with Crippen molar-refractivity contribution in [1.82, 2.24) is 0 Å². The van der Waals surface area contributed by atoms with Gasteiger partial charge >= 0.3 is 0 Å². The van der Waals surface area contributed by atoms with Crippen molar-refractivity contribution in [2.45, 2.75) is 39.4 Å². The van der Waals surface area contributed by atoms with Gasteiger partial charge in [0, 0.05) is 0 Å². The number of rotatable bonds is 4. The largest absolute Gasteiger partial charge is 0.493 e. The highest BCUT2D eigenvalue weighted by Gasteiger charge is 2.34. The molecule has 3 heteroatoms. The number of ether oxygens (including phenoxy) is 3. The Morgan fingerprint density at radius 2 is 1.95 bits per heavy atom. The van der Waals surface area contributed by atoms with Gasteiger partial charge in [-0.2, -0.15) is 0 Å². The first-order chi connectivity index (χ1) is 9.60. The number of methoxy groups -OCH3 is 2. The van der Waals surface area contributed by atoms with E-state index < -0.39 is 0 Å². The van der Waals surface area contributed by atoms with Crippen molar-refractivity contribution in [3.05, 3.63) is 35.4 Å². The summed E-state index contributed by atoms with van der Waals surface area (Å²) in [5, 5.41) is 0. The molecule has 1 heterocycles. The molecule has 0 saturated carbocycles. The summed E-state index contributed by atoms with van der Waals surface area (Å²) in [6.45, 7) is 6.44. The molecule has 0 aromatic heterocycles. The van der Waals surface area contributed by atoms with E-state index in [4.69, 9.17) is 14.2 Å². The molecule has 1 aromatic rings. The molecule has 0 aliphatic carbocycles. The highest BCUT2D eigenvalue weighted by molar-refractivity contribution is 5.43. The maximum atomic E-state index is 6.22. The minimum absolute atomic E-state index is 0.120. The Morgan fingerprint density at radius 3 is 2.55 bits per heavy atom. The van der Waals surface area contributed by atoms with E-state index in [9.17, 15) is 0 Å². The van der Waals surface area contributed by atoms with Gasteiger partial charge in [0.2, 0.25) is 0 Å². The number of hydrogen-bond acceptors (Lipinski definition) is 3. The Morgan fingerprint density at radius 1 is 1.25 bits per heavy atom. The molecule has 2 rings (SSSR count). The third-order valence-electron chi connectivity index (χ3n) is 4.11. The Labute approximate surface area is 121 Å². The molecule has 1 saturated heterocycles. The van der Waals surface area contributed by atoms with Crippen molar-refractivity contribution in [1.29, 1.82) is 0 Å². The Kier molecular flexibility index (Phi) is 4.71. The molecule has 3 nitrogen and oxygen atoms in total. The normalized spacial score (nSPS) is 26.6. The third-order valence-corrected chi connectivity index (χ3v) is 4.11. The summed E-state index contributed by atoms with van der Waals surface area (Å²) < 4.78 is 16.9. The second-order valence-corrected chi connectivity index (χ2v) is 5.41. The molecule has 1 fully saturated rings. The molecular weight excluding hydrogens is 252 g/mol. The van der Waals surface area contributed by atoms with E-state index in [1.165, 1.54) is 5.57 Å². The van der Waals surface area contributed by atoms with Crippen molar-refractivity contribution in [3.8, 4) is 11.5 Å². The molecule has 1 aliphatic rings. The van der Waals surface area contributed by atoms with Gasteiger partial charge in [0.05, 0.1) is 26.4 Å². The average molecular weight is 276 g/mol. The van der Waals surface area contributed by atoms with Gasteiger partial charge in [-0.15, -0.1) is 0 Å². The van der Waals surface area contributed by atoms with Crippen LogP contribution in [-0.4, -0.2) is 20.3 Å². The van der Waals surface area contributed by atoms with Crippen molar-refractivity contribution >= 4 is 0 Å². The highest BCUT2D eigenvalue weighted by atomic mass is 16.5. The van der Waals surface area contributed by atoms with Crippen molar-refractivity contribution in [2.24, 2.45) is 5.92 Å². The molecule has 0 spiro atoms. The highest BCUT2D eigenvalue weighted by Crippen LogP contribution is 2.42. The first-order valence-corrected chi connectivity index (χ1v) is 7.10. The molecule has 1 aliphatic heterocycles. The molecule has 0 bridgehead atoms. The minimum Gasteiger partial charge on any atom is -0.493 e. The molecule has 0 radical (unpaired) electrons. The SMILES string of the molecule is C/C=C(\C)[C@@H]1C[C@H](C)[C@@H](c2ccc(OC)c(OC)c2)O1. The van der Waals surface area contributed by atoms with Crippen LogP contribution in [0, 0.1) is 5.92 Å². The van der Waals surface area contributed by atoms with Crippen LogP contribution in [0.3, 0.4) is 0 Å². The fourth-order valence-electron chi connectivity index (χ4n) is 2.74. The zero-order valence-corrected chi connectivity index (χ0v) is 13.0. The van der Waals surface area contributed by atoms with Crippen LogP contribution in [0.4, 0.5) is 0 Å². The lowest BCUT2D eigenvalue weighted by Gasteiger charge is -2.18. The maximum Gasteiger partial charge on any atom is 0.161 e. The Hall–Kier alpha value is -1.48. The van der Waals surface area contributed by atoms with Crippen LogP contribution in [0.15, 0.2) is 29.8 Å². The summed E-state index contributed by atoms with van der Waals surface area (Å²) in [7, 11) is 3.31. The van der Waals surface area contributed by atoms with Gasteiger partial charge in [0.25, 0.3) is 0 Å². The lowest BCUT2D eigenvalue weighted by Crippen LogP contribution is -2.08. The fraction of sp³-hybridized carbons (Fsp3) is 0.529. The van der Waals surface area contributed by atoms with Crippen LogP contribution in [0.5, 0.6) is 11.5 Å². The smallest absolute Gasteiger partial charge is 0.161 e. The summed E-state index contributed by atoms with van der Waals surface area (Å²) in [6, 6.07) is 6.03. The summed E-state index contributed by atoms with van der Waals surface area (Å²) >= 11 is 0. The lowest BCUT2D eigenvalue weighted by molar-refractivity contribution is 0.0533. The summed E-state index contributed by atoms with van der Waals surface area (Å²) in [4.78, 5) is 0. The Balaban J connectivity index is 2.24. The van der Waals surface area contributed by atoms with Gasteiger partial charge in [-0.1, -0.05) is 19.1 Å². The second-order valence-electron chi connectivity index (χ2n) is 5.41. The molecule has 1 aromatic carbocycles. The van der Waals surface area contributed by atoms with Gasteiger partial charge < -0.3 is 14.2 Å². The van der Waals surface area contributed by atoms with Crippen LogP contribution in [-0.2, 0) is 4.74 Å². The van der Waals surface area contributed by atoms with Crippen LogP contribution < -0.4 is 9.47 Å². The summed E-state index contributed by atoms with van der Waals surface area (Å²) in [5.41, 5.74) is 2.46. The monoisotopic (exact) mass is 276 g/mol. The molecule has 110 valence electrons. The molecule has 0 amide bonds. The van der Waals surface area contributed by atoms with Crippen molar-refractivity contribution < 1.29 is 14.2 Å². The molecule has 20 heavy (non-hydrogen) atoms. The predicted molar refractivity (Wildman–Crippen MR) is 80.4 cm³/mol. The zero-order valence-electron chi connectivity index (χ0n) is 13.0. The summed E-state index contributed by atoms with van der Waals surface area (Å²) in [5.74, 6) is 2.00. The van der Waals surface area contributed by atoms with E-state index in [0.29, 0.717) is 5.92 Å². The van der Waals surface area contributed by atoms with E-state index >= 15 is 0 Å². The van der Waals surface area contributed by atoms with E-state index in [1.54, 1.807) is 14.2 Å². The molecule has 0 N–H and O–H groups in total. The van der Waals surface area contributed by atoms with Gasteiger partial charge in [0.15, 0.2) is 11.5 Å². The quantitative estimate of drug-likeness (QED) is 0.774. The Bertz CT molecular complexity index is 493. The number of benzene rings is 1. The van der Waals surface area contributed by atoms with Gasteiger partial charge in [-0.05, 0) is 49.5 Å². The van der Waals surface area contributed by atoms with Crippen LogP contribution in [0.25, 0.3) is 0 Å². The van der Waals surface area contributed by atoms with Crippen LogP contribution >= 0.6 is 0 Å². The van der Waals surface area contributed by atoms with Gasteiger partial charge in [-0.25, -0.2) is 0 Å². The zero-order chi connectivity index (χ0) is 14.7.